The van der Waals surface area contributed by atoms with E-state index in [1.165, 1.54) is 19.3 Å². The molecule has 9 heteroatoms. The van der Waals surface area contributed by atoms with Crippen molar-refractivity contribution in [1.82, 2.24) is 16.2 Å². The normalized spacial score (nSPS) is 10.3. The summed E-state index contributed by atoms with van der Waals surface area (Å²) < 4.78 is 12.0. The lowest BCUT2D eigenvalue weighted by atomic mass is 10.2. The number of carbonyl (C=O) groups excluding carboxylic acids is 2. The molecule has 3 N–H and O–H groups in total. The summed E-state index contributed by atoms with van der Waals surface area (Å²) in [5, 5.41) is 2.49. The fourth-order valence-corrected chi connectivity index (χ4v) is 3.68. The van der Waals surface area contributed by atoms with E-state index >= 15 is 0 Å². The number of hydrazine groups is 1. The molecule has 184 valence electrons. The van der Waals surface area contributed by atoms with Crippen LogP contribution in [0.15, 0.2) is 46.9 Å². The smallest absolute Gasteiger partial charge is 0.276 e. The Bertz CT molecular complexity index is 954. The fourth-order valence-electron chi connectivity index (χ4n) is 2.99. The first-order valence-corrected chi connectivity index (χ1v) is 12.7. The SMILES string of the molecule is CCCCCCCOc1ccc(C(=O)NC(=S)NNC(=O)COc2ccc(CC)cc2Br)cc1. The lowest BCUT2D eigenvalue weighted by molar-refractivity contribution is -0.123. The van der Waals surface area contributed by atoms with Crippen molar-refractivity contribution in [2.45, 2.75) is 52.4 Å². The number of thiocarbonyl (C=S) groups is 1. The van der Waals surface area contributed by atoms with E-state index in [4.69, 9.17) is 21.7 Å². The average Bonchev–Trinajstić information content (AvgIpc) is 2.84. The molecule has 0 fully saturated rings. The predicted molar refractivity (Wildman–Crippen MR) is 141 cm³/mol. The van der Waals surface area contributed by atoms with E-state index in [-0.39, 0.29) is 11.7 Å². The second kappa shape index (κ2) is 15.3. The van der Waals surface area contributed by atoms with Gasteiger partial charge in [-0.05, 0) is 83.0 Å². The van der Waals surface area contributed by atoms with Gasteiger partial charge in [-0.3, -0.25) is 25.8 Å². The van der Waals surface area contributed by atoms with E-state index in [1.807, 2.05) is 12.1 Å². The van der Waals surface area contributed by atoms with Crippen LogP contribution in [-0.4, -0.2) is 30.1 Å². The molecule has 0 atom stereocenters. The van der Waals surface area contributed by atoms with Crippen molar-refractivity contribution in [2.75, 3.05) is 13.2 Å². The lowest BCUT2D eigenvalue weighted by Gasteiger charge is -2.12. The highest BCUT2D eigenvalue weighted by Crippen LogP contribution is 2.26. The first-order chi connectivity index (χ1) is 16.4. The highest BCUT2D eigenvalue weighted by molar-refractivity contribution is 9.10. The molecule has 0 spiro atoms. The van der Waals surface area contributed by atoms with Gasteiger partial charge in [-0.2, -0.15) is 0 Å². The summed E-state index contributed by atoms with van der Waals surface area (Å²) in [7, 11) is 0. The second-order valence-corrected chi connectivity index (χ2v) is 8.91. The van der Waals surface area contributed by atoms with Crippen molar-refractivity contribution in [3.63, 3.8) is 0 Å². The van der Waals surface area contributed by atoms with Crippen molar-refractivity contribution in [3.8, 4) is 11.5 Å². The number of amides is 2. The van der Waals surface area contributed by atoms with E-state index in [1.54, 1.807) is 30.3 Å². The van der Waals surface area contributed by atoms with Gasteiger partial charge in [-0.15, -0.1) is 0 Å². The number of rotatable bonds is 12. The van der Waals surface area contributed by atoms with Crippen LogP contribution in [0.2, 0.25) is 0 Å². The van der Waals surface area contributed by atoms with Crippen LogP contribution in [0.4, 0.5) is 0 Å². The molecule has 0 aliphatic heterocycles. The van der Waals surface area contributed by atoms with E-state index < -0.39 is 11.8 Å². The van der Waals surface area contributed by atoms with Gasteiger partial charge in [0.2, 0.25) is 0 Å². The van der Waals surface area contributed by atoms with Crippen molar-refractivity contribution < 1.29 is 19.1 Å². The minimum atomic E-state index is -0.445. The minimum Gasteiger partial charge on any atom is -0.494 e. The Hall–Kier alpha value is -2.65. The van der Waals surface area contributed by atoms with Crippen LogP contribution in [0.3, 0.4) is 0 Å². The molecule has 7 nitrogen and oxygen atoms in total. The van der Waals surface area contributed by atoms with E-state index in [0.29, 0.717) is 17.9 Å². The standard InChI is InChI=1S/C25H32BrN3O4S/c1-3-5-6-7-8-15-32-20-12-10-19(11-13-20)24(31)27-25(34)29-28-23(30)17-33-22-14-9-18(4-2)16-21(22)26/h9-14,16H,3-8,15,17H2,1-2H3,(H,28,30)(H2,27,29,31,34). The zero-order chi connectivity index (χ0) is 24.8. The molecular weight excluding hydrogens is 518 g/mol. The van der Waals surface area contributed by atoms with Gasteiger partial charge < -0.3 is 9.47 Å². The largest absolute Gasteiger partial charge is 0.494 e. The quantitative estimate of drug-likeness (QED) is 0.194. The first kappa shape index (κ1) is 27.6. The Morgan fingerprint density at radius 2 is 1.68 bits per heavy atom. The Balaban J connectivity index is 1.68. The van der Waals surface area contributed by atoms with Gasteiger partial charge >= 0.3 is 0 Å². The van der Waals surface area contributed by atoms with Crippen LogP contribution in [0, 0.1) is 0 Å². The molecule has 0 saturated carbocycles. The topological polar surface area (TPSA) is 88.7 Å². The maximum absolute atomic E-state index is 12.4. The number of hydrogen-bond donors (Lipinski definition) is 3. The Kier molecular flexibility index (Phi) is 12.4. The first-order valence-electron chi connectivity index (χ1n) is 11.5. The zero-order valence-electron chi connectivity index (χ0n) is 19.6. The van der Waals surface area contributed by atoms with Crippen molar-refractivity contribution in [1.29, 1.82) is 0 Å². The van der Waals surface area contributed by atoms with Crippen LogP contribution >= 0.6 is 28.1 Å². The molecule has 2 rings (SSSR count). The summed E-state index contributed by atoms with van der Waals surface area (Å²) in [5.74, 6) is 0.441. The van der Waals surface area contributed by atoms with E-state index in [9.17, 15) is 9.59 Å². The van der Waals surface area contributed by atoms with Crippen LogP contribution < -0.4 is 25.6 Å². The summed E-state index contributed by atoms with van der Waals surface area (Å²) >= 11 is 8.50. The summed E-state index contributed by atoms with van der Waals surface area (Å²) in [6.45, 7) is 4.70. The molecule has 0 heterocycles. The number of nitrogens with one attached hydrogen (secondary N) is 3. The average molecular weight is 551 g/mol. The van der Waals surface area contributed by atoms with Crippen LogP contribution in [-0.2, 0) is 11.2 Å². The predicted octanol–water partition coefficient (Wildman–Crippen LogP) is 5.08. The fraction of sp³-hybridized carbons (Fsp3) is 0.400. The highest BCUT2D eigenvalue weighted by atomic mass is 79.9. The Morgan fingerprint density at radius 3 is 2.35 bits per heavy atom. The van der Waals surface area contributed by atoms with E-state index in [2.05, 4.69) is 45.9 Å². The molecule has 0 aliphatic rings. The third kappa shape index (κ3) is 10.1. The summed E-state index contributed by atoms with van der Waals surface area (Å²) in [6.07, 6.45) is 6.78. The molecule has 34 heavy (non-hydrogen) atoms. The van der Waals surface area contributed by atoms with Crippen molar-refractivity contribution in [2.24, 2.45) is 0 Å². The summed E-state index contributed by atoms with van der Waals surface area (Å²) in [6, 6.07) is 12.5. The number of aryl methyl sites for hydroxylation is 1. The monoisotopic (exact) mass is 549 g/mol. The van der Waals surface area contributed by atoms with Gasteiger partial charge in [0.25, 0.3) is 11.8 Å². The summed E-state index contributed by atoms with van der Waals surface area (Å²) in [4.78, 5) is 24.4. The molecule has 0 unspecified atom stereocenters. The molecule has 0 aromatic heterocycles. The number of ether oxygens (including phenoxy) is 2. The lowest BCUT2D eigenvalue weighted by Crippen LogP contribution is -2.49. The molecule has 2 amide bonds. The molecular formula is C25H32BrN3O4S. The van der Waals surface area contributed by atoms with Crippen molar-refractivity contribution >= 4 is 45.1 Å². The Morgan fingerprint density at radius 1 is 0.941 bits per heavy atom. The van der Waals surface area contributed by atoms with Gasteiger partial charge in [-0.25, -0.2) is 0 Å². The highest BCUT2D eigenvalue weighted by Gasteiger charge is 2.10. The van der Waals surface area contributed by atoms with Gasteiger partial charge in [0.1, 0.15) is 11.5 Å². The van der Waals surface area contributed by atoms with Gasteiger partial charge in [0.05, 0.1) is 11.1 Å². The molecule has 0 saturated heterocycles. The second-order valence-electron chi connectivity index (χ2n) is 7.65. The molecule has 2 aromatic carbocycles. The maximum Gasteiger partial charge on any atom is 0.276 e. The third-order valence-electron chi connectivity index (χ3n) is 4.94. The Labute approximate surface area is 215 Å². The van der Waals surface area contributed by atoms with E-state index in [0.717, 1.165) is 35.0 Å². The molecule has 0 radical (unpaired) electrons. The van der Waals surface area contributed by atoms with Gasteiger partial charge in [0, 0.05) is 5.56 Å². The van der Waals surface area contributed by atoms with Crippen LogP contribution in [0.5, 0.6) is 11.5 Å². The molecule has 0 bridgehead atoms. The number of unbranched alkanes of at least 4 members (excludes halogenated alkanes) is 4. The van der Waals surface area contributed by atoms with Gasteiger partial charge in [0.15, 0.2) is 11.7 Å². The number of benzene rings is 2. The summed E-state index contributed by atoms with van der Waals surface area (Å²) in [5.41, 5.74) is 6.48. The van der Waals surface area contributed by atoms with Crippen LogP contribution in [0.1, 0.15) is 61.9 Å². The zero-order valence-corrected chi connectivity index (χ0v) is 22.0. The van der Waals surface area contributed by atoms with Gasteiger partial charge in [-0.1, -0.05) is 45.6 Å². The maximum atomic E-state index is 12.4. The number of carbonyl (C=O) groups is 2. The molecule has 0 aliphatic carbocycles. The molecule has 2 aromatic rings. The van der Waals surface area contributed by atoms with Crippen LogP contribution in [0.25, 0.3) is 0 Å². The minimum absolute atomic E-state index is 0.0285. The number of hydrogen-bond acceptors (Lipinski definition) is 5. The third-order valence-corrected chi connectivity index (χ3v) is 5.76. The van der Waals surface area contributed by atoms with Crippen molar-refractivity contribution in [3.05, 3.63) is 58.1 Å². The number of halogens is 1.